The van der Waals surface area contributed by atoms with Gasteiger partial charge in [-0.05, 0) is 25.7 Å². The Kier molecular flexibility index (Phi) is 4.79. The molecule has 102 valence electrons. The SMILES string of the molecule is C#CC1CCC(C#N)N1C(=O)CNCC1CCCO1. The molecule has 0 bridgehead atoms. The lowest BCUT2D eigenvalue weighted by Gasteiger charge is -2.24. The van der Waals surface area contributed by atoms with Crippen LogP contribution in [0.15, 0.2) is 0 Å². The van der Waals surface area contributed by atoms with E-state index in [1.165, 1.54) is 0 Å². The molecule has 0 aromatic rings. The van der Waals surface area contributed by atoms with Gasteiger partial charge in [0.15, 0.2) is 0 Å². The number of rotatable bonds is 4. The van der Waals surface area contributed by atoms with Crippen LogP contribution in [0.2, 0.25) is 0 Å². The highest BCUT2D eigenvalue weighted by Crippen LogP contribution is 2.23. The summed E-state index contributed by atoms with van der Waals surface area (Å²) >= 11 is 0. The zero-order chi connectivity index (χ0) is 13.7. The van der Waals surface area contributed by atoms with E-state index >= 15 is 0 Å². The fraction of sp³-hybridized carbons (Fsp3) is 0.714. The van der Waals surface area contributed by atoms with E-state index in [2.05, 4.69) is 17.3 Å². The minimum Gasteiger partial charge on any atom is -0.377 e. The van der Waals surface area contributed by atoms with Crippen molar-refractivity contribution in [2.24, 2.45) is 0 Å². The lowest BCUT2D eigenvalue weighted by atomic mass is 10.2. The van der Waals surface area contributed by atoms with Gasteiger partial charge in [-0.15, -0.1) is 6.42 Å². The number of nitrogens with one attached hydrogen (secondary N) is 1. The van der Waals surface area contributed by atoms with E-state index in [0.717, 1.165) is 19.4 Å². The number of hydrogen-bond acceptors (Lipinski definition) is 4. The molecule has 0 saturated carbocycles. The first kappa shape index (κ1) is 13.9. The van der Waals surface area contributed by atoms with Gasteiger partial charge >= 0.3 is 0 Å². The van der Waals surface area contributed by atoms with Gasteiger partial charge in [-0.25, -0.2) is 0 Å². The van der Waals surface area contributed by atoms with Crippen LogP contribution in [-0.4, -0.2) is 48.7 Å². The lowest BCUT2D eigenvalue weighted by molar-refractivity contribution is -0.131. The minimum atomic E-state index is -0.377. The van der Waals surface area contributed by atoms with Crippen molar-refractivity contribution in [3.05, 3.63) is 0 Å². The fourth-order valence-electron chi connectivity index (χ4n) is 2.69. The molecule has 5 heteroatoms. The molecule has 0 aliphatic carbocycles. The van der Waals surface area contributed by atoms with Crippen LogP contribution in [0.3, 0.4) is 0 Å². The molecular formula is C14H19N3O2. The van der Waals surface area contributed by atoms with Gasteiger partial charge in [0.1, 0.15) is 6.04 Å². The highest BCUT2D eigenvalue weighted by atomic mass is 16.5. The molecule has 1 amide bonds. The minimum absolute atomic E-state index is 0.0926. The molecule has 0 aromatic carbocycles. The molecule has 3 unspecified atom stereocenters. The Hall–Kier alpha value is -1.56. The third kappa shape index (κ3) is 3.26. The Morgan fingerprint density at radius 2 is 2.21 bits per heavy atom. The summed E-state index contributed by atoms with van der Waals surface area (Å²) in [7, 11) is 0. The van der Waals surface area contributed by atoms with E-state index in [4.69, 9.17) is 16.4 Å². The third-order valence-corrected chi connectivity index (χ3v) is 3.69. The second kappa shape index (κ2) is 6.56. The van der Waals surface area contributed by atoms with Crippen LogP contribution in [0.4, 0.5) is 0 Å². The highest BCUT2D eigenvalue weighted by molar-refractivity contribution is 5.80. The van der Waals surface area contributed by atoms with E-state index in [-0.39, 0.29) is 30.6 Å². The van der Waals surface area contributed by atoms with Gasteiger partial charge in [-0.2, -0.15) is 5.26 Å². The van der Waals surface area contributed by atoms with Crippen molar-refractivity contribution in [3.8, 4) is 18.4 Å². The van der Waals surface area contributed by atoms with Gasteiger partial charge in [0.05, 0.1) is 24.8 Å². The summed E-state index contributed by atoms with van der Waals surface area (Å²) in [5.74, 6) is 2.50. The van der Waals surface area contributed by atoms with E-state index in [0.29, 0.717) is 19.4 Å². The van der Waals surface area contributed by atoms with Crippen LogP contribution in [0.25, 0.3) is 0 Å². The molecule has 2 heterocycles. The second-order valence-electron chi connectivity index (χ2n) is 4.97. The average Bonchev–Trinajstić information content (AvgIpc) is 3.06. The molecule has 5 nitrogen and oxygen atoms in total. The number of amides is 1. The van der Waals surface area contributed by atoms with Crippen LogP contribution in [0.5, 0.6) is 0 Å². The molecule has 2 saturated heterocycles. The summed E-state index contributed by atoms with van der Waals surface area (Å²) < 4.78 is 5.47. The molecule has 0 spiro atoms. The Labute approximate surface area is 113 Å². The van der Waals surface area contributed by atoms with Gasteiger partial charge in [0.2, 0.25) is 5.91 Å². The van der Waals surface area contributed by atoms with Crippen LogP contribution in [0.1, 0.15) is 25.7 Å². The number of terminal acetylenes is 1. The van der Waals surface area contributed by atoms with Crippen molar-refractivity contribution in [3.63, 3.8) is 0 Å². The lowest BCUT2D eigenvalue weighted by Crippen LogP contribution is -2.45. The van der Waals surface area contributed by atoms with Crippen LogP contribution < -0.4 is 5.32 Å². The van der Waals surface area contributed by atoms with Crippen LogP contribution in [-0.2, 0) is 9.53 Å². The van der Waals surface area contributed by atoms with Crippen molar-refractivity contribution in [1.29, 1.82) is 5.26 Å². The number of likely N-dealkylation sites (tertiary alicyclic amines) is 1. The molecule has 2 aliphatic heterocycles. The van der Waals surface area contributed by atoms with Crippen molar-refractivity contribution >= 4 is 5.91 Å². The Balaban J connectivity index is 1.80. The zero-order valence-electron chi connectivity index (χ0n) is 11.0. The number of nitrogens with zero attached hydrogens (tertiary/aromatic N) is 2. The topological polar surface area (TPSA) is 65.4 Å². The molecule has 2 aliphatic rings. The predicted molar refractivity (Wildman–Crippen MR) is 69.9 cm³/mol. The summed E-state index contributed by atoms with van der Waals surface area (Å²) in [6, 6.07) is 1.54. The summed E-state index contributed by atoms with van der Waals surface area (Å²) in [5.41, 5.74) is 0. The van der Waals surface area contributed by atoms with E-state index < -0.39 is 0 Å². The number of carbonyl (C=O) groups is 1. The summed E-state index contributed by atoms with van der Waals surface area (Å²) in [4.78, 5) is 13.7. The van der Waals surface area contributed by atoms with E-state index in [9.17, 15) is 4.79 Å². The first-order chi connectivity index (χ1) is 9.26. The smallest absolute Gasteiger partial charge is 0.238 e. The summed E-state index contributed by atoms with van der Waals surface area (Å²) in [5, 5.41) is 12.1. The van der Waals surface area contributed by atoms with Gasteiger partial charge in [-0.3, -0.25) is 4.79 Å². The molecule has 2 fully saturated rings. The molecule has 1 N–H and O–H groups in total. The van der Waals surface area contributed by atoms with Gasteiger partial charge in [0.25, 0.3) is 0 Å². The predicted octanol–water partition coefficient (Wildman–Crippen LogP) is 0.271. The van der Waals surface area contributed by atoms with E-state index in [1.54, 1.807) is 4.90 Å². The van der Waals surface area contributed by atoms with Crippen molar-refractivity contribution in [1.82, 2.24) is 10.2 Å². The fourth-order valence-corrected chi connectivity index (χ4v) is 2.69. The first-order valence-electron chi connectivity index (χ1n) is 6.75. The van der Waals surface area contributed by atoms with E-state index in [1.807, 2.05) is 0 Å². The van der Waals surface area contributed by atoms with Crippen molar-refractivity contribution < 1.29 is 9.53 Å². The maximum Gasteiger partial charge on any atom is 0.238 e. The Bertz CT molecular complexity index is 382. The maximum atomic E-state index is 12.1. The Morgan fingerprint density at radius 3 is 2.84 bits per heavy atom. The Morgan fingerprint density at radius 1 is 1.42 bits per heavy atom. The normalized spacial score (nSPS) is 30.0. The largest absolute Gasteiger partial charge is 0.377 e. The molecule has 0 radical (unpaired) electrons. The highest BCUT2D eigenvalue weighted by Gasteiger charge is 2.35. The van der Waals surface area contributed by atoms with Gasteiger partial charge in [0, 0.05) is 13.2 Å². The van der Waals surface area contributed by atoms with Crippen LogP contribution in [0, 0.1) is 23.7 Å². The monoisotopic (exact) mass is 261 g/mol. The zero-order valence-corrected chi connectivity index (χ0v) is 11.0. The molecule has 0 aromatic heterocycles. The van der Waals surface area contributed by atoms with Crippen molar-refractivity contribution in [2.45, 2.75) is 43.9 Å². The number of ether oxygens (including phenoxy) is 1. The first-order valence-corrected chi connectivity index (χ1v) is 6.75. The quantitative estimate of drug-likeness (QED) is 0.738. The summed E-state index contributed by atoms with van der Waals surface area (Å²) in [6.45, 7) is 1.70. The second-order valence-corrected chi connectivity index (χ2v) is 4.97. The third-order valence-electron chi connectivity index (χ3n) is 3.69. The average molecular weight is 261 g/mol. The molecule has 19 heavy (non-hydrogen) atoms. The molecule has 3 atom stereocenters. The van der Waals surface area contributed by atoms with Crippen LogP contribution >= 0.6 is 0 Å². The van der Waals surface area contributed by atoms with Crippen molar-refractivity contribution in [2.75, 3.05) is 19.7 Å². The standard InChI is InChI=1S/C14H19N3O2/c1-2-11-5-6-12(8-15)17(11)14(18)10-16-9-13-4-3-7-19-13/h1,11-13,16H,3-7,9-10H2. The molecule has 2 rings (SSSR count). The number of hydrogen-bond donors (Lipinski definition) is 1. The van der Waals surface area contributed by atoms with Gasteiger partial charge in [-0.1, -0.05) is 5.92 Å². The van der Waals surface area contributed by atoms with Gasteiger partial charge < -0.3 is 15.0 Å². The summed E-state index contributed by atoms with van der Waals surface area (Å²) in [6.07, 6.45) is 9.13. The number of nitriles is 1. The number of carbonyl (C=O) groups excluding carboxylic acids is 1. The maximum absolute atomic E-state index is 12.1. The molecular weight excluding hydrogens is 242 g/mol.